The minimum absolute atomic E-state index is 0.271. The maximum atomic E-state index is 11.8. The van der Waals surface area contributed by atoms with E-state index in [1.54, 1.807) is 36.4 Å². The molecule has 5 nitrogen and oxygen atoms in total. The zero-order valence-electron chi connectivity index (χ0n) is 11.6. The Morgan fingerprint density at radius 3 is 2.14 bits per heavy atom. The van der Waals surface area contributed by atoms with E-state index in [-0.39, 0.29) is 11.7 Å². The average Bonchev–Trinajstić information content (AvgIpc) is 3.10. The molecule has 0 unspecified atom stereocenters. The molecule has 0 saturated heterocycles. The van der Waals surface area contributed by atoms with E-state index in [2.05, 4.69) is 15.5 Å². The highest BCUT2D eigenvalue weighted by Crippen LogP contribution is 2.20. The van der Waals surface area contributed by atoms with Gasteiger partial charge in [-0.25, -0.2) is 0 Å². The topological polar surface area (TPSA) is 67.0 Å². The minimum Gasteiger partial charge on any atom is -0.459 e. The lowest BCUT2D eigenvalue weighted by atomic mass is 10.3. The number of rotatable bonds is 4. The van der Waals surface area contributed by atoms with Gasteiger partial charge in [0.1, 0.15) is 0 Å². The molecule has 2 aromatic carbocycles. The van der Waals surface area contributed by atoms with Gasteiger partial charge in [0.15, 0.2) is 5.76 Å². The van der Waals surface area contributed by atoms with Gasteiger partial charge in [-0.15, -0.1) is 0 Å². The SMILES string of the molecule is O=C(Nc1ccc(N=Nc2ccccc2)cc1)c1ccco1. The Kier molecular flexibility index (Phi) is 4.06. The number of carbonyl (C=O) groups is 1. The van der Waals surface area contributed by atoms with E-state index in [1.165, 1.54) is 6.26 Å². The van der Waals surface area contributed by atoms with Gasteiger partial charge >= 0.3 is 0 Å². The van der Waals surface area contributed by atoms with Gasteiger partial charge in [0.2, 0.25) is 0 Å². The Balaban J connectivity index is 1.65. The first-order valence-corrected chi connectivity index (χ1v) is 6.73. The quantitative estimate of drug-likeness (QED) is 0.691. The number of nitrogens with zero attached hydrogens (tertiary/aromatic N) is 2. The predicted octanol–water partition coefficient (Wildman–Crippen LogP) is 4.95. The Morgan fingerprint density at radius 1 is 0.818 bits per heavy atom. The van der Waals surface area contributed by atoms with Crippen molar-refractivity contribution in [3.05, 3.63) is 78.8 Å². The summed E-state index contributed by atoms with van der Waals surface area (Å²) in [5.41, 5.74) is 2.16. The van der Waals surface area contributed by atoms with Gasteiger partial charge in [-0.05, 0) is 48.5 Å². The fraction of sp³-hybridized carbons (Fsp3) is 0. The molecule has 1 amide bonds. The van der Waals surface area contributed by atoms with Crippen molar-refractivity contribution in [1.82, 2.24) is 0 Å². The summed E-state index contributed by atoms with van der Waals surface area (Å²) in [6.07, 6.45) is 1.46. The summed E-state index contributed by atoms with van der Waals surface area (Å²) in [7, 11) is 0. The van der Waals surface area contributed by atoms with E-state index in [0.29, 0.717) is 11.4 Å². The maximum absolute atomic E-state index is 11.8. The predicted molar refractivity (Wildman–Crippen MR) is 83.7 cm³/mol. The average molecular weight is 291 g/mol. The van der Waals surface area contributed by atoms with Crippen molar-refractivity contribution in [3.63, 3.8) is 0 Å². The van der Waals surface area contributed by atoms with Gasteiger partial charge in [-0.2, -0.15) is 10.2 Å². The van der Waals surface area contributed by atoms with Crippen molar-refractivity contribution in [2.24, 2.45) is 10.2 Å². The van der Waals surface area contributed by atoms with Crippen molar-refractivity contribution < 1.29 is 9.21 Å². The highest BCUT2D eigenvalue weighted by atomic mass is 16.3. The molecule has 0 aliphatic heterocycles. The molecular weight excluding hydrogens is 278 g/mol. The molecule has 0 spiro atoms. The standard InChI is InChI=1S/C17H13N3O2/c21-17(16-7-4-12-22-16)18-13-8-10-15(11-9-13)20-19-14-5-2-1-3-6-14/h1-12H,(H,18,21). The normalized spacial score (nSPS) is 10.7. The number of hydrogen-bond acceptors (Lipinski definition) is 4. The number of furan rings is 1. The van der Waals surface area contributed by atoms with Gasteiger partial charge in [0.05, 0.1) is 17.6 Å². The van der Waals surface area contributed by atoms with Crippen LogP contribution >= 0.6 is 0 Å². The van der Waals surface area contributed by atoms with Gasteiger partial charge in [0.25, 0.3) is 5.91 Å². The molecule has 0 bridgehead atoms. The van der Waals surface area contributed by atoms with Crippen LogP contribution in [0.4, 0.5) is 17.1 Å². The Labute approximate surface area is 127 Å². The fourth-order valence-corrected chi connectivity index (χ4v) is 1.82. The van der Waals surface area contributed by atoms with Gasteiger partial charge in [0, 0.05) is 5.69 Å². The van der Waals surface area contributed by atoms with Gasteiger partial charge in [-0.1, -0.05) is 18.2 Å². The first-order valence-electron chi connectivity index (χ1n) is 6.73. The van der Waals surface area contributed by atoms with Crippen LogP contribution in [0.2, 0.25) is 0 Å². The van der Waals surface area contributed by atoms with Crippen LogP contribution in [0, 0.1) is 0 Å². The summed E-state index contributed by atoms with van der Waals surface area (Å²) < 4.78 is 5.03. The molecular formula is C17H13N3O2. The second-order valence-electron chi connectivity index (χ2n) is 4.51. The molecule has 0 saturated carbocycles. The van der Waals surface area contributed by atoms with Crippen LogP contribution in [-0.4, -0.2) is 5.91 Å². The third-order valence-electron chi connectivity index (χ3n) is 2.91. The monoisotopic (exact) mass is 291 g/mol. The van der Waals surface area contributed by atoms with Crippen molar-refractivity contribution in [3.8, 4) is 0 Å². The number of hydrogen-bond donors (Lipinski definition) is 1. The third-order valence-corrected chi connectivity index (χ3v) is 2.91. The molecule has 0 aliphatic carbocycles. The molecule has 0 atom stereocenters. The smallest absolute Gasteiger partial charge is 0.291 e. The van der Waals surface area contributed by atoms with Crippen LogP contribution in [0.15, 0.2) is 87.6 Å². The molecule has 108 valence electrons. The van der Waals surface area contributed by atoms with Crippen LogP contribution in [0.3, 0.4) is 0 Å². The Morgan fingerprint density at radius 2 is 1.50 bits per heavy atom. The first kappa shape index (κ1) is 13.8. The Hall–Kier alpha value is -3.21. The number of nitrogens with one attached hydrogen (secondary N) is 1. The summed E-state index contributed by atoms with van der Waals surface area (Å²) in [6.45, 7) is 0. The molecule has 3 rings (SSSR count). The van der Waals surface area contributed by atoms with E-state index in [9.17, 15) is 4.79 Å². The second kappa shape index (κ2) is 6.49. The van der Waals surface area contributed by atoms with Gasteiger partial charge in [-0.3, -0.25) is 4.79 Å². The summed E-state index contributed by atoms with van der Waals surface area (Å²) in [5.74, 6) is -0.0171. The van der Waals surface area contributed by atoms with E-state index >= 15 is 0 Å². The molecule has 1 heterocycles. The van der Waals surface area contributed by atoms with Crippen LogP contribution in [0.1, 0.15) is 10.6 Å². The van der Waals surface area contributed by atoms with Crippen LogP contribution in [0.25, 0.3) is 0 Å². The Bertz CT molecular complexity index is 763. The maximum Gasteiger partial charge on any atom is 0.291 e. The lowest BCUT2D eigenvalue weighted by Gasteiger charge is -2.02. The van der Waals surface area contributed by atoms with Crippen LogP contribution in [-0.2, 0) is 0 Å². The number of azo groups is 1. The fourth-order valence-electron chi connectivity index (χ4n) is 1.82. The number of amides is 1. The number of carbonyl (C=O) groups excluding carboxylic acids is 1. The van der Waals surface area contributed by atoms with E-state index < -0.39 is 0 Å². The van der Waals surface area contributed by atoms with Crippen LogP contribution in [0.5, 0.6) is 0 Å². The zero-order valence-corrected chi connectivity index (χ0v) is 11.6. The minimum atomic E-state index is -0.288. The molecule has 0 fully saturated rings. The molecule has 22 heavy (non-hydrogen) atoms. The van der Waals surface area contributed by atoms with Crippen LogP contribution < -0.4 is 5.32 Å². The lowest BCUT2D eigenvalue weighted by molar-refractivity contribution is 0.0996. The highest BCUT2D eigenvalue weighted by molar-refractivity contribution is 6.02. The number of benzene rings is 2. The lowest BCUT2D eigenvalue weighted by Crippen LogP contribution is -2.10. The van der Waals surface area contributed by atoms with E-state index in [4.69, 9.17) is 4.42 Å². The molecule has 0 aliphatic rings. The largest absolute Gasteiger partial charge is 0.459 e. The second-order valence-corrected chi connectivity index (χ2v) is 4.51. The zero-order chi connectivity index (χ0) is 15.2. The van der Waals surface area contributed by atoms with Crippen molar-refractivity contribution >= 4 is 23.0 Å². The molecule has 1 N–H and O–H groups in total. The molecule has 1 aromatic heterocycles. The molecule has 5 heteroatoms. The van der Waals surface area contributed by atoms with Crippen molar-refractivity contribution in [2.75, 3.05) is 5.32 Å². The summed E-state index contributed by atoms with van der Waals surface area (Å²) >= 11 is 0. The summed E-state index contributed by atoms with van der Waals surface area (Å²) in [6, 6.07) is 19.9. The van der Waals surface area contributed by atoms with Crippen molar-refractivity contribution in [2.45, 2.75) is 0 Å². The third kappa shape index (κ3) is 3.46. The summed E-state index contributed by atoms with van der Waals surface area (Å²) in [5, 5.41) is 11.0. The highest BCUT2D eigenvalue weighted by Gasteiger charge is 2.08. The number of anilines is 1. The molecule has 0 radical (unpaired) electrons. The van der Waals surface area contributed by atoms with Gasteiger partial charge < -0.3 is 9.73 Å². The van der Waals surface area contributed by atoms with E-state index in [1.807, 2.05) is 30.3 Å². The molecule has 3 aromatic rings. The van der Waals surface area contributed by atoms with E-state index in [0.717, 1.165) is 5.69 Å². The first-order chi connectivity index (χ1) is 10.8. The summed E-state index contributed by atoms with van der Waals surface area (Å²) in [4.78, 5) is 11.8. The van der Waals surface area contributed by atoms with Crippen molar-refractivity contribution in [1.29, 1.82) is 0 Å².